The lowest BCUT2D eigenvalue weighted by molar-refractivity contribution is -0.385. The molecule has 11 nitrogen and oxygen atoms in total. The molecular weight excluding hydrogens is 272 g/mol. The van der Waals surface area contributed by atoms with Crippen LogP contribution in [0.5, 0.6) is 0 Å². The van der Waals surface area contributed by atoms with Crippen LogP contribution in [0, 0.1) is 20.2 Å². The lowest BCUT2D eigenvalue weighted by Crippen LogP contribution is -2.15. The van der Waals surface area contributed by atoms with Gasteiger partial charge in [-0.2, -0.15) is 10.2 Å². The van der Waals surface area contributed by atoms with Crippen molar-refractivity contribution in [3.05, 3.63) is 44.0 Å². The van der Waals surface area contributed by atoms with Crippen LogP contribution in [0.25, 0.3) is 0 Å². The fraction of sp³-hybridized carbons (Fsp3) is 0.222. The van der Waals surface area contributed by atoms with Crippen molar-refractivity contribution < 1.29 is 14.6 Å². The predicted octanol–water partition coefficient (Wildman–Crippen LogP) is 0.201. The van der Waals surface area contributed by atoms with Gasteiger partial charge in [-0.25, -0.2) is 0 Å². The number of aromatic nitrogens is 4. The monoisotopic (exact) mass is 280 g/mol. The van der Waals surface area contributed by atoms with E-state index in [0.717, 1.165) is 21.8 Å². The molecule has 0 fully saturated rings. The predicted molar refractivity (Wildman–Crippen MR) is 63.2 cm³/mol. The Bertz CT molecular complexity index is 669. The van der Waals surface area contributed by atoms with E-state index in [0.29, 0.717) is 0 Å². The minimum absolute atomic E-state index is 0.346. The normalized spacial score (nSPS) is 10.5. The lowest BCUT2D eigenvalue weighted by Gasteiger charge is -2.01. The highest BCUT2D eigenvalue weighted by Crippen LogP contribution is 2.25. The Morgan fingerprint density at radius 2 is 1.35 bits per heavy atom. The van der Waals surface area contributed by atoms with Crippen LogP contribution in [0.1, 0.15) is 16.2 Å². The third kappa shape index (κ3) is 1.90. The van der Waals surface area contributed by atoms with Gasteiger partial charge in [0, 0.05) is 14.1 Å². The lowest BCUT2D eigenvalue weighted by atomic mass is 10.1. The van der Waals surface area contributed by atoms with E-state index in [-0.39, 0.29) is 11.4 Å². The molecule has 2 rings (SSSR count). The van der Waals surface area contributed by atoms with Crippen molar-refractivity contribution in [2.45, 2.75) is 0 Å². The zero-order chi connectivity index (χ0) is 15.0. The molecule has 0 atom stereocenters. The molecule has 2 aromatic heterocycles. The summed E-state index contributed by atoms with van der Waals surface area (Å²) in [7, 11) is 2.67. The number of carbonyl (C=O) groups excluding carboxylic acids is 1. The number of carbonyl (C=O) groups is 1. The Morgan fingerprint density at radius 1 is 1.00 bits per heavy atom. The van der Waals surface area contributed by atoms with Gasteiger partial charge >= 0.3 is 11.4 Å². The third-order valence-corrected chi connectivity index (χ3v) is 2.66. The number of nitrogens with zero attached hydrogens (tertiary/aromatic N) is 6. The molecule has 2 heterocycles. The van der Waals surface area contributed by atoms with Crippen LogP contribution >= 0.6 is 0 Å². The fourth-order valence-corrected chi connectivity index (χ4v) is 1.76. The summed E-state index contributed by atoms with van der Waals surface area (Å²) in [5, 5.41) is 29.0. The molecule has 104 valence electrons. The zero-order valence-corrected chi connectivity index (χ0v) is 10.4. The average Bonchev–Trinajstić information content (AvgIpc) is 2.91. The second-order valence-electron chi connectivity index (χ2n) is 3.85. The van der Waals surface area contributed by atoms with E-state index in [9.17, 15) is 25.0 Å². The van der Waals surface area contributed by atoms with Crippen LogP contribution in [0.15, 0.2) is 12.4 Å². The van der Waals surface area contributed by atoms with E-state index in [1.54, 1.807) is 0 Å². The molecule has 0 spiro atoms. The summed E-state index contributed by atoms with van der Waals surface area (Å²) in [6.45, 7) is 0. The highest BCUT2D eigenvalue weighted by atomic mass is 16.6. The SMILES string of the molecule is Cn1ncc([N+](=O)[O-])c1C(=O)c1c([N+](=O)[O-])cnn1C. The molecule has 0 saturated carbocycles. The first-order valence-electron chi connectivity index (χ1n) is 5.22. The molecule has 0 saturated heterocycles. The van der Waals surface area contributed by atoms with E-state index in [2.05, 4.69) is 10.2 Å². The van der Waals surface area contributed by atoms with E-state index in [1.165, 1.54) is 14.1 Å². The Kier molecular flexibility index (Phi) is 3.02. The first-order valence-corrected chi connectivity index (χ1v) is 5.22. The molecule has 0 N–H and O–H groups in total. The smallest absolute Gasteiger partial charge is 0.285 e. The van der Waals surface area contributed by atoms with Crippen molar-refractivity contribution in [2.24, 2.45) is 14.1 Å². The molecule has 2 aromatic rings. The van der Waals surface area contributed by atoms with Gasteiger partial charge in [-0.15, -0.1) is 0 Å². The van der Waals surface area contributed by atoms with Crippen molar-refractivity contribution in [3.63, 3.8) is 0 Å². The van der Waals surface area contributed by atoms with Crippen LogP contribution in [-0.4, -0.2) is 35.2 Å². The third-order valence-electron chi connectivity index (χ3n) is 2.66. The largest absolute Gasteiger partial charge is 0.318 e. The van der Waals surface area contributed by atoms with Crippen molar-refractivity contribution in [2.75, 3.05) is 0 Å². The summed E-state index contributed by atoms with van der Waals surface area (Å²) >= 11 is 0. The van der Waals surface area contributed by atoms with Gasteiger partial charge in [0.15, 0.2) is 11.4 Å². The van der Waals surface area contributed by atoms with Crippen LogP contribution in [-0.2, 0) is 14.1 Å². The molecule has 0 aliphatic rings. The Labute approximate surface area is 110 Å². The van der Waals surface area contributed by atoms with Gasteiger partial charge in [0.25, 0.3) is 0 Å². The van der Waals surface area contributed by atoms with Crippen LogP contribution in [0.3, 0.4) is 0 Å². The first kappa shape index (κ1) is 13.3. The quantitative estimate of drug-likeness (QED) is 0.442. The van der Waals surface area contributed by atoms with Crippen LogP contribution in [0.4, 0.5) is 11.4 Å². The Morgan fingerprint density at radius 3 is 1.65 bits per heavy atom. The number of hydrogen-bond acceptors (Lipinski definition) is 7. The molecule has 0 aromatic carbocycles. The van der Waals surface area contributed by atoms with Gasteiger partial charge in [-0.05, 0) is 0 Å². The van der Waals surface area contributed by atoms with Crippen LogP contribution < -0.4 is 0 Å². The number of ketones is 1. The van der Waals surface area contributed by atoms with Crippen molar-refractivity contribution in [1.29, 1.82) is 0 Å². The van der Waals surface area contributed by atoms with Gasteiger partial charge < -0.3 is 0 Å². The van der Waals surface area contributed by atoms with Gasteiger partial charge in [0.2, 0.25) is 5.78 Å². The average molecular weight is 280 g/mol. The zero-order valence-electron chi connectivity index (χ0n) is 10.4. The van der Waals surface area contributed by atoms with Gasteiger partial charge in [0.1, 0.15) is 12.4 Å². The number of rotatable bonds is 4. The van der Waals surface area contributed by atoms with E-state index >= 15 is 0 Å². The molecule has 0 aliphatic heterocycles. The number of aryl methyl sites for hydroxylation is 2. The van der Waals surface area contributed by atoms with Gasteiger partial charge in [0.05, 0.1) is 9.85 Å². The Hall–Kier alpha value is -3.11. The van der Waals surface area contributed by atoms with Crippen molar-refractivity contribution >= 4 is 17.2 Å². The maximum Gasteiger partial charge on any atom is 0.318 e. The summed E-state index contributed by atoms with van der Waals surface area (Å²) in [5.41, 5.74) is -1.73. The molecule has 0 bridgehead atoms. The van der Waals surface area contributed by atoms with Crippen molar-refractivity contribution in [1.82, 2.24) is 19.6 Å². The molecule has 11 heteroatoms. The fourth-order valence-electron chi connectivity index (χ4n) is 1.76. The summed E-state index contributed by atoms with van der Waals surface area (Å²) < 4.78 is 1.99. The van der Waals surface area contributed by atoms with Gasteiger partial charge in [-0.3, -0.25) is 34.4 Å². The van der Waals surface area contributed by atoms with E-state index in [1.807, 2.05) is 0 Å². The molecule has 0 amide bonds. The minimum atomic E-state index is -0.886. The van der Waals surface area contributed by atoms with Gasteiger partial charge in [-0.1, -0.05) is 0 Å². The summed E-state index contributed by atoms with van der Waals surface area (Å²) in [6, 6.07) is 0. The minimum Gasteiger partial charge on any atom is -0.285 e. The highest BCUT2D eigenvalue weighted by molar-refractivity contribution is 6.11. The Balaban J connectivity index is 2.64. The number of hydrogen-bond donors (Lipinski definition) is 0. The van der Waals surface area contributed by atoms with E-state index < -0.39 is 27.0 Å². The molecule has 0 radical (unpaired) electrons. The highest BCUT2D eigenvalue weighted by Gasteiger charge is 2.33. The summed E-state index contributed by atoms with van der Waals surface area (Å²) in [5.74, 6) is -0.886. The summed E-state index contributed by atoms with van der Waals surface area (Å²) in [6.07, 6.45) is 1.82. The topological polar surface area (TPSA) is 139 Å². The second kappa shape index (κ2) is 4.53. The second-order valence-corrected chi connectivity index (χ2v) is 3.85. The summed E-state index contributed by atoms with van der Waals surface area (Å²) in [4.78, 5) is 32.5. The standard InChI is InChI=1S/C9H8N6O5/c1-12-7(5(3-10-12)14(17)18)9(16)8-6(15(19)20)4-11-13(8)2/h3-4H,1-2H3. The number of nitro groups is 2. The molecule has 0 aliphatic carbocycles. The maximum absolute atomic E-state index is 12.3. The first-order chi connectivity index (χ1) is 9.34. The van der Waals surface area contributed by atoms with E-state index in [4.69, 9.17) is 0 Å². The van der Waals surface area contributed by atoms with Crippen LogP contribution in [0.2, 0.25) is 0 Å². The maximum atomic E-state index is 12.3. The van der Waals surface area contributed by atoms with Crippen molar-refractivity contribution in [3.8, 4) is 0 Å². The molecule has 0 unspecified atom stereocenters. The molecular formula is C9H8N6O5. The molecule has 20 heavy (non-hydrogen) atoms.